The Labute approximate surface area is 105 Å². The molecule has 0 aromatic heterocycles. The van der Waals surface area contributed by atoms with E-state index in [0.717, 1.165) is 38.2 Å². The Morgan fingerprint density at radius 1 is 1.53 bits per heavy atom. The largest absolute Gasteiger partial charge is 0.385 e. The van der Waals surface area contributed by atoms with Crippen LogP contribution in [-0.2, 0) is 0 Å². The van der Waals surface area contributed by atoms with E-state index in [1.807, 2.05) is 7.05 Å². The van der Waals surface area contributed by atoms with Gasteiger partial charge in [-0.1, -0.05) is 23.8 Å². The molecule has 3 nitrogen and oxygen atoms in total. The second-order valence-corrected chi connectivity index (χ2v) is 4.38. The normalized spacial score (nSPS) is 17.6. The van der Waals surface area contributed by atoms with Gasteiger partial charge in [-0.05, 0) is 51.8 Å². The molecule has 0 fully saturated rings. The summed E-state index contributed by atoms with van der Waals surface area (Å²) in [6, 6.07) is 0. The van der Waals surface area contributed by atoms with E-state index in [9.17, 15) is 0 Å². The van der Waals surface area contributed by atoms with Crippen molar-refractivity contribution in [3.05, 3.63) is 35.2 Å². The molecule has 1 aliphatic heterocycles. The van der Waals surface area contributed by atoms with Crippen LogP contribution in [-0.4, -0.2) is 20.1 Å². The minimum atomic E-state index is 0.852. The fraction of sp³-hybridized carbons (Fsp3) is 0.571. The first kappa shape index (κ1) is 13.8. The summed E-state index contributed by atoms with van der Waals surface area (Å²) < 4.78 is 0. The molecule has 1 aliphatic rings. The zero-order valence-electron chi connectivity index (χ0n) is 11.1. The second-order valence-electron chi connectivity index (χ2n) is 4.38. The number of rotatable bonds is 6. The minimum absolute atomic E-state index is 0.852. The van der Waals surface area contributed by atoms with Gasteiger partial charge >= 0.3 is 0 Å². The summed E-state index contributed by atoms with van der Waals surface area (Å²) in [6.45, 7) is 4.15. The third-order valence-electron chi connectivity index (χ3n) is 3.09. The monoisotopic (exact) mass is 235 g/mol. The maximum atomic E-state index is 5.90. The fourth-order valence-electron chi connectivity index (χ4n) is 1.93. The molecule has 0 spiro atoms. The summed E-state index contributed by atoms with van der Waals surface area (Å²) in [7, 11) is 1.99. The maximum absolute atomic E-state index is 5.90. The molecule has 0 unspecified atom stereocenters. The minimum Gasteiger partial charge on any atom is -0.385 e. The van der Waals surface area contributed by atoms with Gasteiger partial charge < -0.3 is 16.4 Å². The van der Waals surface area contributed by atoms with E-state index in [1.54, 1.807) is 0 Å². The van der Waals surface area contributed by atoms with Gasteiger partial charge in [-0.25, -0.2) is 0 Å². The van der Waals surface area contributed by atoms with Gasteiger partial charge in [-0.2, -0.15) is 0 Å². The average molecular weight is 235 g/mol. The van der Waals surface area contributed by atoms with Crippen LogP contribution in [0.5, 0.6) is 0 Å². The Morgan fingerprint density at radius 3 is 3.00 bits per heavy atom. The summed E-state index contributed by atoms with van der Waals surface area (Å²) in [5, 5.41) is 6.38. The molecule has 0 radical (unpaired) electrons. The average Bonchev–Trinajstić information content (AvgIpc) is 2.35. The van der Waals surface area contributed by atoms with Crippen molar-refractivity contribution in [1.29, 1.82) is 0 Å². The van der Waals surface area contributed by atoms with Crippen molar-refractivity contribution in [3.63, 3.8) is 0 Å². The van der Waals surface area contributed by atoms with Crippen LogP contribution in [0, 0.1) is 0 Å². The highest BCUT2D eigenvalue weighted by atomic mass is 15.0. The number of nitrogens with one attached hydrogen (secondary N) is 2. The summed E-state index contributed by atoms with van der Waals surface area (Å²) >= 11 is 0. The summed E-state index contributed by atoms with van der Waals surface area (Å²) in [5.74, 6) is 0.852. The van der Waals surface area contributed by atoms with E-state index in [4.69, 9.17) is 5.73 Å². The number of hydrogen-bond donors (Lipinski definition) is 3. The topological polar surface area (TPSA) is 50.1 Å². The molecule has 96 valence electrons. The Hall–Kier alpha value is -1.22. The Bertz CT molecular complexity index is 313. The summed E-state index contributed by atoms with van der Waals surface area (Å²) in [6.07, 6.45) is 11.0. The number of allylic oxidation sites excluding steroid dienone is 4. The lowest BCUT2D eigenvalue weighted by Crippen LogP contribution is -2.26. The van der Waals surface area contributed by atoms with Crippen molar-refractivity contribution in [2.24, 2.45) is 5.73 Å². The highest BCUT2D eigenvalue weighted by Gasteiger charge is 2.05. The van der Waals surface area contributed by atoms with Gasteiger partial charge in [-0.3, -0.25) is 0 Å². The van der Waals surface area contributed by atoms with Crippen molar-refractivity contribution in [2.75, 3.05) is 20.1 Å². The van der Waals surface area contributed by atoms with Crippen molar-refractivity contribution < 1.29 is 0 Å². The summed E-state index contributed by atoms with van der Waals surface area (Å²) in [4.78, 5) is 0. The molecule has 1 rings (SSSR count). The van der Waals surface area contributed by atoms with E-state index in [-0.39, 0.29) is 0 Å². The van der Waals surface area contributed by atoms with Gasteiger partial charge in [0.15, 0.2) is 0 Å². The lowest BCUT2D eigenvalue weighted by atomic mass is 10.0. The first-order valence-corrected chi connectivity index (χ1v) is 6.45. The first-order chi connectivity index (χ1) is 8.27. The molecule has 0 atom stereocenters. The fourth-order valence-corrected chi connectivity index (χ4v) is 1.93. The van der Waals surface area contributed by atoms with E-state index >= 15 is 0 Å². The molecular formula is C14H25N3. The van der Waals surface area contributed by atoms with E-state index in [1.165, 1.54) is 17.6 Å². The smallest absolute Gasteiger partial charge is 0.0992 e. The highest BCUT2D eigenvalue weighted by Crippen LogP contribution is 2.14. The quantitative estimate of drug-likeness (QED) is 0.618. The third kappa shape index (κ3) is 5.09. The van der Waals surface area contributed by atoms with Gasteiger partial charge in [0.2, 0.25) is 0 Å². The lowest BCUT2D eigenvalue weighted by molar-refractivity contribution is 0.664. The molecule has 0 amide bonds. The Kier molecular flexibility index (Phi) is 6.48. The second kappa shape index (κ2) is 7.96. The van der Waals surface area contributed by atoms with Crippen LogP contribution in [0.2, 0.25) is 0 Å². The van der Waals surface area contributed by atoms with E-state index < -0.39 is 0 Å². The van der Waals surface area contributed by atoms with Gasteiger partial charge in [0, 0.05) is 6.54 Å². The molecule has 0 saturated carbocycles. The van der Waals surface area contributed by atoms with E-state index in [2.05, 4.69) is 35.8 Å². The Morgan fingerprint density at radius 2 is 2.35 bits per heavy atom. The van der Waals surface area contributed by atoms with Crippen LogP contribution in [0.3, 0.4) is 0 Å². The molecular weight excluding hydrogens is 210 g/mol. The highest BCUT2D eigenvalue weighted by molar-refractivity contribution is 5.26. The van der Waals surface area contributed by atoms with Crippen LogP contribution >= 0.6 is 0 Å². The Balaban J connectivity index is 2.43. The molecule has 1 heterocycles. The van der Waals surface area contributed by atoms with Crippen molar-refractivity contribution in [2.45, 2.75) is 32.6 Å². The standard InChI is InChI=1S/C14H25N3/c1-3-12(9-11-16-2)6-4-7-13-8-5-10-17-14(13)15/h3-4,7,16-17H,5-6,8-11,15H2,1-2H3/b7-4-,12-3+. The zero-order valence-corrected chi connectivity index (χ0v) is 11.1. The zero-order chi connectivity index (χ0) is 12.5. The SMILES string of the molecule is C/C=C(\C/C=C\C1=C(N)NCCC1)CCNC. The van der Waals surface area contributed by atoms with Crippen LogP contribution < -0.4 is 16.4 Å². The van der Waals surface area contributed by atoms with Crippen LogP contribution in [0.1, 0.15) is 32.6 Å². The van der Waals surface area contributed by atoms with Gasteiger partial charge in [0.05, 0.1) is 5.82 Å². The van der Waals surface area contributed by atoms with Crippen molar-refractivity contribution >= 4 is 0 Å². The predicted octanol–water partition coefficient (Wildman–Crippen LogP) is 2.04. The lowest BCUT2D eigenvalue weighted by Gasteiger charge is -2.16. The first-order valence-electron chi connectivity index (χ1n) is 6.45. The van der Waals surface area contributed by atoms with Crippen LogP contribution in [0.25, 0.3) is 0 Å². The third-order valence-corrected chi connectivity index (χ3v) is 3.09. The molecule has 3 heteroatoms. The van der Waals surface area contributed by atoms with Crippen molar-refractivity contribution in [1.82, 2.24) is 10.6 Å². The van der Waals surface area contributed by atoms with Crippen LogP contribution in [0.15, 0.2) is 35.2 Å². The molecule has 17 heavy (non-hydrogen) atoms. The molecule has 0 aliphatic carbocycles. The van der Waals surface area contributed by atoms with E-state index in [0.29, 0.717) is 0 Å². The molecule has 0 saturated heterocycles. The van der Waals surface area contributed by atoms with Crippen molar-refractivity contribution in [3.8, 4) is 0 Å². The van der Waals surface area contributed by atoms with Crippen LogP contribution in [0.4, 0.5) is 0 Å². The predicted molar refractivity (Wildman–Crippen MR) is 74.5 cm³/mol. The summed E-state index contributed by atoms with van der Waals surface area (Å²) in [5.41, 5.74) is 8.62. The number of hydrogen-bond acceptors (Lipinski definition) is 3. The molecule has 4 N–H and O–H groups in total. The molecule has 0 aromatic carbocycles. The van der Waals surface area contributed by atoms with Gasteiger partial charge in [0.1, 0.15) is 0 Å². The number of nitrogens with two attached hydrogens (primary N) is 1. The molecule has 0 bridgehead atoms. The maximum Gasteiger partial charge on any atom is 0.0992 e. The van der Waals surface area contributed by atoms with Gasteiger partial charge in [-0.15, -0.1) is 0 Å². The molecule has 0 aromatic rings. The van der Waals surface area contributed by atoms with Gasteiger partial charge in [0.25, 0.3) is 0 Å².